The molecule has 0 spiro atoms. The maximum absolute atomic E-state index is 10.2. The molecule has 1 saturated heterocycles. The fourth-order valence-corrected chi connectivity index (χ4v) is 3.42. The van der Waals surface area contributed by atoms with Crippen LogP contribution in [0.1, 0.15) is 26.2 Å². The molecule has 3 unspecified atom stereocenters. The second-order valence-electron chi connectivity index (χ2n) is 5.81. The van der Waals surface area contributed by atoms with Gasteiger partial charge >= 0.3 is 0 Å². The number of β-amino-alcohol motifs (C(OH)–C–C–N with tert-alkyl or cyclic N) is 1. The third-order valence-electron chi connectivity index (χ3n) is 4.01. The number of halogens is 2. The Bertz CT molecular complexity index is 464. The normalized spacial score (nSPS) is 22.3. The number of hydrogen-bond donors (Lipinski definition) is 2. The van der Waals surface area contributed by atoms with Gasteiger partial charge in [0.2, 0.25) is 0 Å². The van der Waals surface area contributed by atoms with Crippen molar-refractivity contribution in [2.75, 3.05) is 19.7 Å². The minimum atomic E-state index is -0.660. The molecular weight excluding hydrogens is 325 g/mol. The number of aliphatic hydroxyl groups excluding tert-OH is 2. The average Bonchev–Trinajstić information content (AvgIpc) is 2.47. The number of nitrogens with zero attached hydrogens (tertiary/aromatic N) is 1. The lowest BCUT2D eigenvalue weighted by molar-refractivity contribution is -0.00275. The van der Waals surface area contributed by atoms with Gasteiger partial charge in [0, 0.05) is 12.6 Å². The largest absolute Gasteiger partial charge is 0.488 e. The zero-order chi connectivity index (χ0) is 16.1. The lowest BCUT2D eigenvalue weighted by atomic mass is 9.98. The Morgan fingerprint density at radius 2 is 1.95 bits per heavy atom. The van der Waals surface area contributed by atoms with E-state index in [2.05, 4.69) is 4.90 Å². The summed E-state index contributed by atoms with van der Waals surface area (Å²) in [4.78, 5) is 2.14. The Labute approximate surface area is 141 Å². The van der Waals surface area contributed by atoms with E-state index in [1.165, 1.54) is 0 Å². The Morgan fingerprint density at radius 3 is 2.59 bits per heavy atom. The lowest BCUT2D eigenvalue weighted by Crippen LogP contribution is -2.49. The van der Waals surface area contributed by atoms with E-state index in [1.807, 2.05) is 0 Å². The molecule has 2 N–H and O–H groups in total. The van der Waals surface area contributed by atoms with Gasteiger partial charge in [-0.1, -0.05) is 35.7 Å². The molecule has 6 heteroatoms. The molecule has 0 saturated carbocycles. The molecule has 1 aliphatic rings. The Balaban J connectivity index is 1.88. The van der Waals surface area contributed by atoms with E-state index >= 15 is 0 Å². The summed E-state index contributed by atoms with van der Waals surface area (Å²) < 4.78 is 5.56. The standard InChI is InChI=1S/C16H23Cl2NO3/c1-11(20)15-7-2-3-8-19(15)9-12(21)10-22-16-13(17)5-4-6-14(16)18/h4-6,11-12,15,20-21H,2-3,7-10H2,1H3. The van der Waals surface area contributed by atoms with Crippen LogP contribution in [0.15, 0.2) is 18.2 Å². The minimum Gasteiger partial charge on any atom is -0.488 e. The number of rotatable bonds is 6. The van der Waals surface area contributed by atoms with E-state index in [1.54, 1.807) is 25.1 Å². The molecule has 3 atom stereocenters. The maximum atomic E-state index is 10.2. The first-order valence-corrected chi connectivity index (χ1v) is 8.41. The predicted molar refractivity (Wildman–Crippen MR) is 88.9 cm³/mol. The highest BCUT2D eigenvalue weighted by Gasteiger charge is 2.27. The molecule has 22 heavy (non-hydrogen) atoms. The molecule has 124 valence electrons. The van der Waals surface area contributed by atoms with Crippen molar-refractivity contribution in [1.82, 2.24) is 4.90 Å². The molecule has 0 aliphatic carbocycles. The van der Waals surface area contributed by atoms with Crippen LogP contribution in [0.3, 0.4) is 0 Å². The van der Waals surface area contributed by atoms with Crippen molar-refractivity contribution in [2.45, 2.75) is 44.4 Å². The van der Waals surface area contributed by atoms with Gasteiger partial charge in [-0.3, -0.25) is 4.90 Å². The van der Waals surface area contributed by atoms with Crippen molar-refractivity contribution in [3.63, 3.8) is 0 Å². The van der Waals surface area contributed by atoms with Gasteiger partial charge in [-0.2, -0.15) is 0 Å². The fraction of sp³-hybridized carbons (Fsp3) is 0.625. The number of aliphatic hydroxyl groups is 2. The quantitative estimate of drug-likeness (QED) is 0.830. The van der Waals surface area contributed by atoms with Gasteiger partial charge in [0.1, 0.15) is 12.7 Å². The number of piperidine rings is 1. The SMILES string of the molecule is CC(O)C1CCCCN1CC(O)COc1c(Cl)cccc1Cl. The minimum absolute atomic E-state index is 0.104. The lowest BCUT2D eigenvalue weighted by Gasteiger charge is -2.38. The van der Waals surface area contributed by atoms with Gasteiger partial charge in [0.15, 0.2) is 5.75 Å². The molecule has 1 aromatic rings. The van der Waals surface area contributed by atoms with E-state index in [9.17, 15) is 10.2 Å². The highest BCUT2D eigenvalue weighted by Crippen LogP contribution is 2.32. The molecule has 0 aromatic heterocycles. The summed E-state index contributed by atoms with van der Waals surface area (Å²) in [6, 6.07) is 5.24. The molecule has 2 rings (SSSR count). The van der Waals surface area contributed by atoms with Crippen molar-refractivity contribution in [1.29, 1.82) is 0 Å². The zero-order valence-corrected chi connectivity index (χ0v) is 14.2. The number of benzene rings is 1. The summed E-state index contributed by atoms with van der Waals surface area (Å²) in [6.45, 7) is 3.28. The predicted octanol–water partition coefficient (Wildman–Crippen LogP) is 2.97. The van der Waals surface area contributed by atoms with E-state index in [-0.39, 0.29) is 12.6 Å². The third kappa shape index (κ3) is 4.74. The van der Waals surface area contributed by atoms with Crippen LogP contribution in [-0.2, 0) is 0 Å². The van der Waals surface area contributed by atoms with Crippen LogP contribution in [0.5, 0.6) is 5.75 Å². The highest BCUT2D eigenvalue weighted by molar-refractivity contribution is 6.37. The van der Waals surface area contributed by atoms with E-state index < -0.39 is 12.2 Å². The third-order valence-corrected chi connectivity index (χ3v) is 4.60. The van der Waals surface area contributed by atoms with E-state index in [4.69, 9.17) is 27.9 Å². The summed E-state index contributed by atoms with van der Waals surface area (Å²) in [5.74, 6) is 0.399. The summed E-state index contributed by atoms with van der Waals surface area (Å²) in [5, 5.41) is 20.9. The van der Waals surface area contributed by atoms with Crippen LogP contribution < -0.4 is 4.74 Å². The van der Waals surface area contributed by atoms with E-state index in [0.717, 1.165) is 25.8 Å². The molecule has 1 aromatic carbocycles. The Morgan fingerprint density at radius 1 is 1.27 bits per heavy atom. The fourth-order valence-electron chi connectivity index (χ4n) is 2.91. The highest BCUT2D eigenvalue weighted by atomic mass is 35.5. The van der Waals surface area contributed by atoms with E-state index in [0.29, 0.717) is 22.3 Å². The molecule has 1 heterocycles. The molecule has 0 radical (unpaired) electrons. The van der Waals surface area contributed by atoms with Crippen molar-refractivity contribution >= 4 is 23.2 Å². The molecule has 0 bridgehead atoms. The molecule has 1 fully saturated rings. The number of hydrogen-bond acceptors (Lipinski definition) is 4. The molecule has 4 nitrogen and oxygen atoms in total. The Hall–Kier alpha value is -0.520. The molecular formula is C16H23Cl2NO3. The molecule has 1 aliphatic heterocycles. The van der Waals surface area contributed by atoms with Gasteiger partial charge in [0.25, 0.3) is 0 Å². The first-order chi connectivity index (χ1) is 10.5. The van der Waals surface area contributed by atoms with Gasteiger partial charge in [-0.15, -0.1) is 0 Å². The van der Waals surface area contributed by atoms with Crippen molar-refractivity contribution in [3.05, 3.63) is 28.2 Å². The smallest absolute Gasteiger partial charge is 0.156 e. The van der Waals surface area contributed by atoms with Crippen LogP contribution in [0.25, 0.3) is 0 Å². The molecule has 0 amide bonds. The summed E-state index contributed by atoms with van der Waals surface area (Å²) in [5.41, 5.74) is 0. The van der Waals surface area contributed by atoms with Crippen LogP contribution in [0.2, 0.25) is 10.0 Å². The Kier molecular flexibility index (Phi) is 6.78. The van der Waals surface area contributed by atoms with Gasteiger partial charge < -0.3 is 14.9 Å². The topological polar surface area (TPSA) is 52.9 Å². The van der Waals surface area contributed by atoms with Crippen LogP contribution in [0, 0.1) is 0 Å². The van der Waals surface area contributed by atoms with Gasteiger partial charge in [0.05, 0.1) is 16.1 Å². The summed E-state index contributed by atoms with van der Waals surface area (Å²) in [6.07, 6.45) is 2.11. The van der Waals surface area contributed by atoms with Crippen LogP contribution in [0.4, 0.5) is 0 Å². The second kappa shape index (κ2) is 8.37. The first-order valence-electron chi connectivity index (χ1n) is 7.66. The van der Waals surface area contributed by atoms with Crippen molar-refractivity contribution in [3.8, 4) is 5.75 Å². The average molecular weight is 348 g/mol. The van der Waals surface area contributed by atoms with Crippen LogP contribution >= 0.6 is 23.2 Å². The maximum Gasteiger partial charge on any atom is 0.156 e. The summed E-state index contributed by atoms with van der Waals surface area (Å²) >= 11 is 12.1. The number of ether oxygens (including phenoxy) is 1. The summed E-state index contributed by atoms with van der Waals surface area (Å²) in [7, 11) is 0. The van der Waals surface area contributed by atoms with Gasteiger partial charge in [-0.25, -0.2) is 0 Å². The van der Waals surface area contributed by atoms with Gasteiger partial charge in [-0.05, 0) is 38.4 Å². The second-order valence-corrected chi connectivity index (χ2v) is 6.63. The number of likely N-dealkylation sites (tertiary alicyclic amines) is 1. The number of para-hydroxylation sites is 1. The van der Waals surface area contributed by atoms with Crippen LogP contribution in [-0.4, -0.2) is 53.1 Å². The van der Waals surface area contributed by atoms with Crippen molar-refractivity contribution in [2.24, 2.45) is 0 Å². The monoisotopic (exact) mass is 347 g/mol. The van der Waals surface area contributed by atoms with Crippen molar-refractivity contribution < 1.29 is 14.9 Å². The first kappa shape index (κ1) is 17.8. The zero-order valence-electron chi connectivity index (χ0n) is 12.7.